The van der Waals surface area contributed by atoms with Gasteiger partial charge in [-0.1, -0.05) is 0 Å². The highest BCUT2D eigenvalue weighted by atomic mass is 16.1. The molecule has 2 atom stereocenters. The van der Waals surface area contributed by atoms with Crippen molar-refractivity contribution in [1.82, 2.24) is 10.6 Å². The highest BCUT2D eigenvalue weighted by Gasteiger charge is 2.29. The van der Waals surface area contributed by atoms with Gasteiger partial charge in [0.25, 0.3) is 0 Å². The van der Waals surface area contributed by atoms with Crippen LogP contribution in [0.15, 0.2) is 0 Å². The summed E-state index contributed by atoms with van der Waals surface area (Å²) in [6.45, 7) is 0.874. The van der Waals surface area contributed by atoms with E-state index in [2.05, 4.69) is 10.6 Å². The molecule has 0 aromatic rings. The third-order valence-corrected chi connectivity index (χ3v) is 1.90. The van der Waals surface area contributed by atoms with E-state index in [0.717, 1.165) is 13.0 Å². The van der Waals surface area contributed by atoms with Crippen molar-refractivity contribution >= 4 is 5.91 Å². The predicted octanol–water partition coefficient (Wildman–Crippen LogP) is -1.58. The molecule has 0 aromatic heterocycles. The summed E-state index contributed by atoms with van der Waals surface area (Å²) in [7, 11) is 1.84. The first-order chi connectivity index (χ1) is 4.75. The lowest BCUT2D eigenvalue weighted by Crippen LogP contribution is -2.47. The maximum absolute atomic E-state index is 10.7. The van der Waals surface area contributed by atoms with Crippen molar-refractivity contribution in [2.24, 2.45) is 5.73 Å². The summed E-state index contributed by atoms with van der Waals surface area (Å²) in [5, 5.41) is 6.05. The van der Waals surface area contributed by atoms with E-state index >= 15 is 0 Å². The van der Waals surface area contributed by atoms with Crippen LogP contribution >= 0.6 is 0 Å². The zero-order valence-corrected chi connectivity index (χ0v) is 6.05. The van der Waals surface area contributed by atoms with Crippen molar-refractivity contribution < 1.29 is 4.79 Å². The monoisotopic (exact) mass is 143 g/mol. The topological polar surface area (TPSA) is 67.2 Å². The smallest absolute Gasteiger partial charge is 0.236 e. The van der Waals surface area contributed by atoms with Gasteiger partial charge in [-0.25, -0.2) is 0 Å². The number of likely N-dealkylation sites (N-methyl/N-ethyl adjacent to an activating group) is 1. The van der Waals surface area contributed by atoms with Gasteiger partial charge < -0.3 is 16.4 Å². The zero-order valence-electron chi connectivity index (χ0n) is 6.05. The number of primary amides is 1. The van der Waals surface area contributed by atoms with Crippen LogP contribution in [0.1, 0.15) is 6.42 Å². The fraction of sp³-hybridized carbons (Fsp3) is 0.833. The van der Waals surface area contributed by atoms with Crippen molar-refractivity contribution in [2.45, 2.75) is 18.5 Å². The Bertz CT molecular complexity index is 137. The van der Waals surface area contributed by atoms with E-state index in [1.54, 1.807) is 0 Å². The Labute approximate surface area is 60.2 Å². The predicted molar refractivity (Wildman–Crippen MR) is 38.4 cm³/mol. The summed E-state index contributed by atoms with van der Waals surface area (Å²) in [6, 6.07) is 0.0440. The van der Waals surface area contributed by atoms with Gasteiger partial charge in [-0.15, -0.1) is 0 Å². The van der Waals surface area contributed by atoms with Gasteiger partial charge in [0.2, 0.25) is 5.91 Å². The average Bonchev–Trinajstić information content (AvgIpc) is 2.33. The highest BCUT2D eigenvalue weighted by molar-refractivity contribution is 5.81. The number of amides is 1. The summed E-state index contributed by atoms with van der Waals surface area (Å²) < 4.78 is 0. The largest absolute Gasteiger partial charge is 0.368 e. The minimum Gasteiger partial charge on any atom is -0.368 e. The van der Waals surface area contributed by atoms with E-state index in [-0.39, 0.29) is 18.0 Å². The molecule has 1 fully saturated rings. The van der Waals surface area contributed by atoms with Gasteiger partial charge in [0, 0.05) is 6.04 Å². The second-order valence-electron chi connectivity index (χ2n) is 2.52. The summed E-state index contributed by atoms with van der Waals surface area (Å²) in [5.41, 5.74) is 5.12. The van der Waals surface area contributed by atoms with Gasteiger partial charge in [0.1, 0.15) is 6.04 Å². The highest BCUT2D eigenvalue weighted by Crippen LogP contribution is 2.04. The molecule has 1 amide bonds. The van der Waals surface area contributed by atoms with Gasteiger partial charge in [0.05, 0.1) is 0 Å². The average molecular weight is 143 g/mol. The second-order valence-corrected chi connectivity index (χ2v) is 2.52. The molecular weight excluding hydrogens is 130 g/mol. The number of nitrogens with two attached hydrogens (primary N) is 1. The van der Waals surface area contributed by atoms with Crippen molar-refractivity contribution in [3.05, 3.63) is 0 Å². The molecule has 0 spiro atoms. The summed E-state index contributed by atoms with van der Waals surface area (Å²) in [6.07, 6.45) is 0.976. The minimum atomic E-state index is -0.267. The van der Waals surface area contributed by atoms with Crippen LogP contribution in [0, 0.1) is 0 Å². The normalized spacial score (nSPS) is 32.5. The molecule has 1 saturated heterocycles. The SMILES string of the molecule is CNC1CCNC1C(N)=O. The fourth-order valence-corrected chi connectivity index (χ4v) is 1.31. The number of rotatable bonds is 2. The summed E-state index contributed by atoms with van der Waals surface area (Å²) in [5.74, 6) is -0.267. The quantitative estimate of drug-likeness (QED) is 0.437. The molecule has 0 saturated carbocycles. The van der Waals surface area contributed by atoms with E-state index < -0.39 is 0 Å². The van der Waals surface area contributed by atoms with Crippen LogP contribution < -0.4 is 16.4 Å². The standard InChI is InChI=1S/C6H13N3O/c1-8-4-2-3-9-5(4)6(7)10/h4-5,8-9H,2-3H2,1H3,(H2,7,10). The molecule has 0 radical (unpaired) electrons. The van der Waals surface area contributed by atoms with Gasteiger partial charge in [-0.3, -0.25) is 4.79 Å². The van der Waals surface area contributed by atoms with Crippen LogP contribution in [-0.2, 0) is 4.79 Å². The van der Waals surface area contributed by atoms with Gasteiger partial charge >= 0.3 is 0 Å². The zero-order chi connectivity index (χ0) is 7.56. The molecule has 4 heteroatoms. The van der Waals surface area contributed by atoms with Crippen molar-refractivity contribution in [2.75, 3.05) is 13.6 Å². The molecule has 1 aliphatic rings. The molecule has 0 bridgehead atoms. The lowest BCUT2D eigenvalue weighted by atomic mass is 10.1. The molecule has 4 nitrogen and oxygen atoms in total. The van der Waals surface area contributed by atoms with Crippen molar-refractivity contribution in [3.63, 3.8) is 0 Å². The molecule has 1 aliphatic heterocycles. The molecule has 58 valence electrons. The Morgan fingerprint density at radius 2 is 2.50 bits per heavy atom. The van der Waals surface area contributed by atoms with Crippen LogP contribution in [0.4, 0.5) is 0 Å². The van der Waals surface area contributed by atoms with Crippen LogP contribution in [0.2, 0.25) is 0 Å². The number of nitrogens with one attached hydrogen (secondary N) is 2. The van der Waals surface area contributed by atoms with E-state index in [9.17, 15) is 4.79 Å². The molecule has 1 rings (SSSR count). The Kier molecular flexibility index (Phi) is 2.24. The number of hydrogen-bond donors (Lipinski definition) is 3. The van der Waals surface area contributed by atoms with Crippen LogP contribution in [0.5, 0.6) is 0 Å². The van der Waals surface area contributed by atoms with Gasteiger partial charge in [0.15, 0.2) is 0 Å². The molecule has 4 N–H and O–H groups in total. The summed E-state index contributed by atoms with van der Waals surface area (Å²) in [4.78, 5) is 10.7. The van der Waals surface area contributed by atoms with Gasteiger partial charge in [-0.2, -0.15) is 0 Å². The number of carbonyl (C=O) groups excluding carboxylic acids is 1. The fourth-order valence-electron chi connectivity index (χ4n) is 1.31. The minimum absolute atomic E-state index is 0.176. The Morgan fingerprint density at radius 1 is 1.80 bits per heavy atom. The Balaban J connectivity index is 2.50. The lowest BCUT2D eigenvalue weighted by Gasteiger charge is -2.14. The van der Waals surface area contributed by atoms with E-state index in [4.69, 9.17) is 5.73 Å². The van der Waals surface area contributed by atoms with Crippen LogP contribution in [0.25, 0.3) is 0 Å². The van der Waals surface area contributed by atoms with Crippen molar-refractivity contribution in [1.29, 1.82) is 0 Å². The first kappa shape index (κ1) is 7.50. The molecule has 10 heavy (non-hydrogen) atoms. The second kappa shape index (κ2) is 2.98. The van der Waals surface area contributed by atoms with Crippen molar-refractivity contribution in [3.8, 4) is 0 Å². The molecule has 0 aliphatic carbocycles. The first-order valence-electron chi connectivity index (χ1n) is 3.45. The van der Waals surface area contributed by atoms with E-state index in [0.29, 0.717) is 0 Å². The lowest BCUT2D eigenvalue weighted by molar-refractivity contribution is -0.120. The molecule has 1 heterocycles. The molecule has 0 aromatic carbocycles. The van der Waals surface area contributed by atoms with Crippen LogP contribution in [0.3, 0.4) is 0 Å². The maximum Gasteiger partial charge on any atom is 0.236 e. The molecular formula is C6H13N3O. The third kappa shape index (κ3) is 1.27. The van der Waals surface area contributed by atoms with E-state index in [1.807, 2.05) is 7.05 Å². The van der Waals surface area contributed by atoms with E-state index in [1.165, 1.54) is 0 Å². The van der Waals surface area contributed by atoms with Crippen LogP contribution in [-0.4, -0.2) is 31.6 Å². The third-order valence-electron chi connectivity index (χ3n) is 1.90. The summed E-state index contributed by atoms with van der Waals surface area (Å²) >= 11 is 0. The number of hydrogen-bond acceptors (Lipinski definition) is 3. The first-order valence-corrected chi connectivity index (χ1v) is 3.45. The maximum atomic E-state index is 10.7. The molecule has 2 unspecified atom stereocenters. The number of carbonyl (C=O) groups is 1. The van der Waals surface area contributed by atoms with Gasteiger partial charge in [-0.05, 0) is 20.0 Å². The Morgan fingerprint density at radius 3 is 2.90 bits per heavy atom. The Hall–Kier alpha value is -0.610.